The van der Waals surface area contributed by atoms with Crippen LogP contribution >= 0.6 is 11.3 Å². The summed E-state index contributed by atoms with van der Waals surface area (Å²) in [5, 5.41) is 0.316. The Morgan fingerprint density at radius 3 is 2.68 bits per heavy atom. The van der Waals surface area contributed by atoms with E-state index < -0.39 is 11.6 Å². The SMILES string of the molecule is O=C(COc1ccccc1)N1CCC(Oc2nc3c(F)cc(F)cc3s2)CC1. The average molecular weight is 404 g/mol. The number of rotatable bonds is 5. The van der Waals surface area contributed by atoms with Crippen molar-refractivity contribution in [3.63, 3.8) is 0 Å². The molecule has 0 radical (unpaired) electrons. The Kier molecular flexibility index (Phi) is 5.38. The van der Waals surface area contributed by atoms with Gasteiger partial charge in [0.2, 0.25) is 0 Å². The third-order valence-corrected chi connectivity index (χ3v) is 5.45. The number of nitrogens with zero attached hydrogens (tertiary/aromatic N) is 2. The van der Waals surface area contributed by atoms with E-state index in [4.69, 9.17) is 9.47 Å². The number of halogens is 2. The van der Waals surface area contributed by atoms with Gasteiger partial charge in [-0.1, -0.05) is 29.5 Å². The molecule has 3 aromatic rings. The van der Waals surface area contributed by atoms with Crippen molar-refractivity contribution >= 4 is 27.5 Å². The zero-order valence-corrected chi connectivity index (χ0v) is 15.8. The lowest BCUT2D eigenvalue weighted by molar-refractivity contribution is -0.135. The zero-order valence-electron chi connectivity index (χ0n) is 14.9. The van der Waals surface area contributed by atoms with E-state index >= 15 is 0 Å². The first-order valence-electron chi connectivity index (χ1n) is 8.96. The minimum atomic E-state index is -0.695. The van der Waals surface area contributed by atoms with Gasteiger partial charge in [0.1, 0.15) is 23.2 Å². The predicted octanol–water partition coefficient (Wildman–Crippen LogP) is 4.02. The van der Waals surface area contributed by atoms with Crippen LogP contribution < -0.4 is 9.47 Å². The standard InChI is InChI=1S/C20H18F2N2O3S/c21-13-10-16(22)19-17(11-13)28-20(23-19)27-15-6-8-24(9-7-15)18(25)12-26-14-4-2-1-3-5-14/h1-5,10-11,15H,6-9,12H2. The lowest BCUT2D eigenvalue weighted by Crippen LogP contribution is -2.43. The Morgan fingerprint density at radius 1 is 1.18 bits per heavy atom. The van der Waals surface area contributed by atoms with E-state index in [-0.39, 0.29) is 24.1 Å². The first-order chi connectivity index (χ1) is 13.6. The number of thiazole rings is 1. The Labute approximate surface area is 164 Å². The van der Waals surface area contributed by atoms with Gasteiger partial charge in [0.05, 0.1) is 4.70 Å². The van der Waals surface area contributed by atoms with E-state index in [1.54, 1.807) is 17.0 Å². The molecule has 1 fully saturated rings. The van der Waals surface area contributed by atoms with E-state index in [0.717, 1.165) is 17.4 Å². The molecular weight excluding hydrogens is 386 g/mol. The van der Waals surface area contributed by atoms with Crippen LogP contribution in [0, 0.1) is 11.6 Å². The van der Waals surface area contributed by atoms with Gasteiger partial charge in [0, 0.05) is 32.0 Å². The number of likely N-dealkylation sites (tertiary alicyclic amines) is 1. The van der Waals surface area contributed by atoms with Gasteiger partial charge in [-0.3, -0.25) is 4.79 Å². The van der Waals surface area contributed by atoms with E-state index in [2.05, 4.69) is 4.98 Å². The molecule has 0 atom stereocenters. The van der Waals surface area contributed by atoms with Crippen LogP contribution in [0.2, 0.25) is 0 Å². The second kappa shape index (κ2) is 8.10. The van der Waals surface area contributed by atoms with E-state index in [1.165, 1.54) is 6.07 Å². The van der Waals surface area contributed by atoms with Gasteiger partial charge >= 0.3 is 0 Å². The van der Waals surface area contributed by atoms with Crippen molar-refractivity contribution in [2.24, 2.45) is 0 Å². The fraction of sp³-hybridized carbons (Fsp3) is 0.300. The molecule has 0 bridgehead atoms. The fourth-order valence-corrected chi connectivity index (χ4v) is 4.03. The maximum Gasteiger partial charge on any atom is 0.274 e. The summed E-state index contributed by atoms with van der Waals surface area (Å²) in [5.41, 5.74) is 0.118. The van der Waals surface area contributed by atoms with Gasteiger partial charge in [-0.2, -0.15) is 4.98 Å². The third kappa shape index (κ3) is 4.22. The molecule has 2 heterocycles. The first kappa shape index (κ1) is 18.6. The molecule has 1 amide bonds. The molecule has 146 valence electrons. The molecule has 1 saturated heterocycles. The molecule has 0 N–H and O–H groups in total. The predicted molar refractivity (Wildman–Crippen MR) is 102 cm³/mol. The number of aromatic nitrogens is 1. The number of ether oxygens (including phenoxy) is 2. The number of para-hydroxylation sites is 1. The van der Waals surface area contributed by atoms with Crippen molar-refractivity contribution in [1.29, 1.82) is 0 Å². The smallest absolute Gasteiger partial charge is 0.274 e. The van der Waals surface area contributed by atoms with Gasteiger partial charge in [0.25, 0.3) is 11.1 Å². The Bertz CT molecular complexity index is 972. The fourth-order valence-electron chi connectivity index (χ4n) is 3.11. The second-order valence-corrected chi connectivity index (χ2v) is 7.51. The first-order valence-corrected chi connectivity index (χ1v) is 9.78. The molecule has 0 aliphatic carbocycles. The number of piperidine rings is 1. The molecule has 1 aliphatic rings. The van der Waals surface area contributed by atoms with Crippen molar-refractivity contribution in [2.45, 2.75) is 18.9 Å². The van der Waals surface area contributed by atoms with Crippen LogP contribution in [0.4, 0.5) is 8.78 Å². The van der Waals surface area contributed by atoms with Gasteiger partial charge < -0.3 is 14.4 Å². The molecule has 1 aromatic heterocycles. The number of benzene rings is 2. The maximum atomic E-state index is 13.8. The highest BCUT2D eigenvalue weighted by molar-refractivity contribution is 7.20. The lowest BCUT2D eigenvalue weighted by Gasteiger charge is -2.31. The van der Waals surface area contributed by atoms with Crippen molar-refractivity contribution < 1.29 is 23.0 Å². The van der Waals surface area contributed by atoms with Crippen LogP contribution in [-0.4, -0.2) is 41.6 Å². The molecule has 28 heavy (non-hydrogen) atoms. The zero-order chi connectivity index (χ0) is 19.5. The monoisotopic (exact) mass is 404 g/mol. The van der Waals surface area contributed by atoms with Gasteiger partial charge in [-0.25, -0.2) is 8.78 Å². The topological polar surface area (TPSA) is 51.7 Å². The Morgan fingerprint density at radius 2 is 1.93 bits per heavy atom. The lowest BCUT2D eigenvalue weighted by atomic mass is 10.1. The largest absolute Gasteiger partial charge is 0.484 e. The van der Waals surface area contributed by atoms with E-state index in [1.807, 2.05) is 18.2 Å². The summed E-state index contributed by atoms with van der Waals surface area (Å²) in [7, 11) is 0. The number of carbonyl (C=O) groups is 1. The highest BCUT2D eigenvalue weighted by atomic mass is 32.1. The molecule has 0 saturated carbocycles. The van der Waals surface area contributed by atoms with E-state index in [0.29, 0.717) is 41.6 Å². The Hall–Kier alpha value is -2.74. The average Bonchev–Trinajstić information content (AvgIpc) is 3.10. The molecule has 5 nitrogen and oxygen atoms in total. The van der Waals surface area contributed by atoms with Gasteiger partial charge in [-0.05, 0) is 18.2 Å². The molecule has 8 heteroatoms. The summed E-state index contributed by atoms with van der Waals surface area (Å²) < 4.78 is 38.8. The minimum Gasteiger partial charge on any atom is -0.484 e. The molecule has 1 aliphatic heterocycles. The third-order valence-electron chi connectivity index (χ3n) is 4.56. The minimum absolute atomic E-state index is 0.00174. The maximum absolute atomic E-state index is 13.8. The Balaban J connectivity index is 1.29. The van der Waals surface area contributed by atoms with Crippen LogP contribution in [0.1, 0.15) is 12.8 Å². The van der Waals surface area contributed by atoms with Gasteiger partial charge in [-0.15, -0.1) is 0 Å². The van der Waals surface area contributed by atoms with Crippen LogP contribution in [-0.2, 0) is 4.79 Å². The van der Waals surface area contributed by atoms with Crippen LogP contribution in [0.25, 0.3) is 10.2 Å². The molecule has 0 unspecified atom stereocenters. The number of fused-ring (bicyclic) bond motifs is 1. The number of hydrogen-bond acceptors (Lipinski definition) is 5. The van der Waals surface area contributed by atoms with Crippen molar-refractivity contribution in [1.82, 2.24) is 9.88 Å². The quantitative estimate of drug-likeness (QED) is 0.645. The highest BCUT2D eigenvalue weighted by Crippen LogP contribution is 2.31. The summed E-state index contributed by atoms with van der Waals surface area (Å²) in [5.74, 6) is -0.738. The summed E-state index contributed by atoms with van der Waals surface area (Å²) in [6, 6.07) is 11.3. The van der Waals surface area contributed by atoms with E-state index in [9.17, 15) is 13.6 Å². The highest BCUT2D eigenvalue weighted by Gasteiger charge is 2.25. The van der Waals surface area contributed by atoms with Gasteiger partial charge in [0.15, 0.2) is 12.4 Å². The summed E-state index contributed by atoms with van der Waals surface area (Å²) in [6.07, 6.45) is 1.17. The van der Waals surface area contributed by atoms with Crippen molar-refractivity contribution in [3.05, 3.63) is 54.1 Å². The summed E-state index contributed by atoms with van der Waals surface area (Å²) in [4.78, 5) is 18.2. The second-order valence-electron chi connectivity index (χ2n) is 6.51. The summed E-state index contributed by atoms with van der Waals surface area (Å²) >= 11 is 1.12. The number of hydrogen-bond donors (Lipinski definition) is 0. The summed E-state index contributed by atoms with van der Waals surface area (Å²) in [6.45, 7) is 1.10. The van der Waals surface area contributed by atoms with Crippen LogP contribution in [0.15, 0.2) is 42.5 Å². The number of amides is 1. The van der Waals surface area contributed by atoms with Crippen LogP contribution in [0.5, 0.6) is 10.9 Å². The van der Waals surface area contributed by atoms with Crippen molar-refractivity contribution in [2.75, 3.05) is 19.7 Å². The molecular formula is C20H18F2N2O3S. The van der Waals surface area contributed by atoms with Crippen LogP contribution in [0.3, 0.4) is 0 Å². The van der Waals surface area contributed by atoms with Crippen molar-refractivity contribution in [3.8, 4) is 10.9 Å². The molecule has 4 rings (SSSR count). The normalized spacial score (nSPS) is 15.0. The molecule has 0 spiro atoms. The number of carbonyl (C=O) groups excluding carboxylic acids is 1. The molecule has 2 aromatic carbocycles.